The van der Waals surface area contributed by atoms with Crippen molar-refractivity contribution in [2.24, 2.45) is 5.41 Å². The van der Waals surface area contributed by atoms with Gasteiger partial charge in [-0.2, -0.15) is 0 Å². The first-order valence-corrected chi connectivity index (χ1v) is 3.42. The zero-order valence-corrected chi connectivity index (χ0v) is 6.32. The lowest BCUT2D eigenvalue weighted by atomic mass is 9.90. The van der Waals surface area contributed by atoms with E-state index in [1.807, 2.05) is 12.2 Å². The zero-order valence-electron chi connectivity index (χ0n) is 6.32. The summed E-state index contributed by atoms with van der Waals surface area (Å²) in [6, 6.07) is 0. The van der Waals surface area contributed by atoms with Crippen molar-refractivity contribution < 1.29 is 9.90 Å². The Hall–Kier alpha value is -1.31. The minimum Gasteiger partial charge on any atom is -0.480 e. The topological polar surface area (TPSA) is 37.3 Å². The highest BCUT2D eigenvalue weighted by Gasteiger charge is 2.26. The average Bonchev–Trinajstić information content (AvgIpc) is 2.15. The molecule has 0 heterocycles. The van der Waals surface area contributed by atoms with Gasteiger partial charge in [-0.1, -0.05) is 36.5 Å². The summed E-state index contributed by atoms with van der Waals surface area (Å²) in [7, 11) is 0. The third-order valence-corrected chi connectivity index (χ3v) is 1.68. The van der Waals surface area contributed by atoms with E-state index < -0.39 is 11.4 Å². The largest absolute Gasteiger partial charge is 0.480 e. The number of rotatable bonds is 1. The molecule has 1 aliphatic carbocycles. The molecule has 0 aromatic heterocycles. The van der Waals surface area contributed by atoms with Crippen LogP contribution < -0.4 is 0 Å². The van der Waals surface area contributed by atoms with Crippen molar-refractivity contribution in [3.8, 4) is 0 Å². The Kier molecular flexibility index (Phi) is 1.94. The van der Waals surface area contributed by atoms with Gasteiger partial charge in [-0.25, -0.2) is 0 Å². The molecule has 0 spiro atoms. The number of hydrogen-bond donors (Lipinski definition) is 1. The first-order chi connectivity index (χ1) is 5.15. The second-order valence-corrected chi connectivity index (χ2v) is 2.69. The highest BCUT2D eigenvalue weighted by Crippen LogP contribution is 2.22. The molecule has 58 valence electrons. The first kappa shape index (κ1) is 7.79. The molecule has 0 unspecified atom stereocenters. The Balaban J connectivity index is 2.96. The van der Waals surface area contributed by atoms with Gasteiger partial charge in [0.15, 0.2) is 0 Å². The highest BCUT2D eigenvalue weighted by molar-refractivity contribution is 5.79. The molecule has 0 bridgehead atoms. The van der Waals surface area contributed by atoms with Crippen LogP contribution in [0.3, 0.4) is 0 Å². The summed E-state index contributed by atoms with van der Waals surface area (Å²) >= 11 is 0. The Bertz CT molecular complexity index is 230. The van der Waals surface area contributed by atoms with Crippen LogP contribution in [0.5, 0.6) is 0 Å². The average molecular weight is 150 g/mol. The monoisotopic (exact) mass is 150 g/mol. The van der Waals surface area contributed by atoms with E-state index in [-0.39, 0.29) is 0 Å². The molecular weight excluding hydrogens is 140 g/mol. The summed E-state index contributed by atoms with van der Waals surface area (Å²) in [4.78, 5) is 10.7. The Labute approximate surface area is 65.5 Å². The lowest BCUT2D eigenvalue weighted by Crippen LogP contribution is -2.21. The van der Waals surface area contributed by atoms with Gasteiger partial charge in [-0.15, -0.1) is 0 Å². The molecule has 0 aliphatic heterocycles. The molecule has 0 saturated carbocycles. The number of allylic oxidation sites excluding steroid dienone is 4. The van der Waals surface area contributed by atoms with Gasteiger partial charge in [0.1, 0.15) is 5.41 Å². The zero-order chi connectivity index (χ0) is 8.32. The SMILES string of the molecule is CC1(C(=O)O)C=CC=CC=C1. The van der Waals surface area contributed by atoms with Crippen molar-refractivity contribution in [1.82, 2.24) is 0 Å². The second-order valence-electron chi connectivity index (χ2n) is 2.69. The van der Waals surface area contributed by atoms with E-state index in [0.29, 0.717) is 0 Å². The van der Waals surface area contributed by atoms with E-state index in [1.54, 1.807) is 31.2 Å². The molecule has 2 heteroatoms. The standard InChI is InChI=1S/C9H10O2/c1-9(8(10)11)6-4-2-3-5-7-9/h2-7H,1H3,(H,10,11). The first-order valence-electron chi connectivity index (χ1n) is 3.42. The molecule has 0 amide bonds. The molecule has 11 heavy (non-hydrogen) atoms. The number of carboxylic acids is 1. The van der Waals surface area contributed by atoms with E-state index in [0.717, 1.165) is 0 Å². The van der Waals surface area contributed by atoms with E-state index in [4.69, 9.17) is 5.11 Å². The third-order valence-electron chi connectivity index (χ3n) is 1.68. The highest BCUT2D eigenvalue weighted by atomic mass is 16.4. The van der Waals surface area contributed by atoms with Crippen molar-refractivity contribution in [1.29, 1.82) is 0 Å². The van der Waals surface area contributed by atoms with Gasteiger partial charge in [0.2, 0.25) is 0 Å². The number of hydrogen-bond acceptors (Lipinski definition) is 1. The number of carbonyl (C=O) groups is 1. The lowest BCUT2D eigenvalue weighted by Gasteiger charge is -2.13. The minimum atomic E-state index is -0.844. The quantitative estimate of drug-likeness (QED) is 0.618. The Morgan fingerprint density at radius 2 is 1.64 bits per heavy atom. The van der Waals surface area contributed by atoms with E-state index in [2.05, 4.69) is 0 Å². The molecule has 0 aromatic carbocycles. The summed E-state index contributed by atoms with van der Waals surface area (Å²) in [6.45, 7) is 1.66. The van der Waals surface area contributed by atoms with Crippen LogP contribution in [0, 0.1) is 5.41 Å². The van der Waals surface area contributed by atoms with Crippen molar-refractivity contribution in [3.63, 3.8) is 0 Å². The molecule has 0 aromatic rings. The molecule has 0 radical (unpaired) electrons. The molecule has 0 fully saturated rings. The van der Waals surface area contributed by atoms with Crippen LogP contribution in [0.1, 0.15) is 6.92 Å². The van der Waals surface area contributed by atoms with Gasteiger partial charge in [-0.3, -0.25) is 4.79 Å². The minimum absolute atomic E-state index is 0.825. The van der Waals surface area contributed by atoms with E-state index in [9.17, 15) is 4.79 Å². The van der Waals surface area contributed by atoms with Crippen molar-refractivity contribution in [2.75, 3.05) is 0 Å². The molecule has 0 saturated heterocycles. The van der Waals surface area contributed by atoms with Crippen molar-refractivity contribution in [3.05, 3.63) is 36.5 Å². The lowest BCUT2D eigenvalue weighted by molar-refractivity contribution is -0.142. The van der Waals surface area contributed by atoms with Gasteiger partial charge >= 0.3 is 5.97 Å². The van der Waals surface area contributed by atoms with Gasteiger partial charge in [0.25, 0.3) is 0 Å². The molecule has 0 atom stereocenters. The predicted molar refractivity (Wildman–Crippen MR) is 43.2 cm³/mol. The fraction of sp³-hybridized carbons (Fsp3) is 0.222. The van der Waals surface area contributed by atoms with Crippen LogP contribution in [-0.4, -0.2) is 11.1 Å². The summed E-state index contributed by atoms with van der Waals surface area (Å²) < 4.78 is 0. The van der Waals surface area contributed by atoms with E-state index in [1.165, 1.54) is 0 Å². The maximum Gasteiger partial charge on any atom is 0.317 e. The van der Waals surface area contributed by atoms with Crippen LogP contribution in [0.15, 0.2) is 36.5 Å². The summed E-state index contributed by atoms with van der Waals surface area (Å²) in [5.74, 6) is -0.825. The Morgan fingerprint density at radius 3 is 2.00 bits per heavy atom. The molecular formula is C9H10O2. The normalized spacial score (nSPS) is 19.7. The van der Waals surface area contributed by atoms with Crippen molar-refractivity contribution >= 4 is 5.97 Å². The number of aliphatic carboxylic acids is 1. The maximum absolute atomic E-state index is 10.7. The van der Waals surface area contributed by atoms with Crippen LogP contribution in [-0.2, 0) is 4.79 Å². The summed E-state index contributed by atoms with van der Waals surface area (Å²) in [5, 5.41) is 8.79. The third kappa shape index (κ3) is 1.58. The molecule has 1 N–H and O–H groups in total. The number of carboxylic acid groups (broad SMARTS) is 1. The predicted octanol–water partition coefficient (Wildman–Crippen LogP) is 1.76. The maximum atomic E-state index is 10.7. The fourth-order valence-electron chi connectivity index (χ4n) is 0.837. The molecule has 2 nitrogen and oxygen atoms in total. The molecule has 1 aliphatic rings. The van der Waals surface area contributed by atoms with E-state index >= 15 is 0 Å². The van der Waals surface area contributed by atoms with Crippen LogP contribution in [0.4, 0.5) is 0 Å². The summed E-state index contributed by atoms with van der Waals surface area (Å²) in [5.41, 5.74) is -0.844. The fourth-order valence-corrected chi connectivity index (χ4v) is 0.837. The van der Waals surface area contributed by atoms with Crippen LogP contribution >= 0.6 is 0 Å². The van der Waals surface area contributed by atoms with Gasteiger partial charge in [0, 0.05) is 0 Å². The van der Waals surface area contributed by atoms with Crippen LogP contribution in [0.25, 0.3) is 0 Å². The Morgan fingerprint density at radius 1 is 1.18 bits per heavy atom. The van der Waals surface area contributed by atoms with Crippen LogP contribution in [0.2, 0.25) is 0 Å². The smallest absolute Gasteiger partial charge is 0.317 e. The summed E-state index contributed by atoms with van der Waals surface area (Å²) in [6.07, 6.45) is 10.4. The second kappa shape index (κ2) is 2.74. The van der Waals surface area contributed by atoms with Gasteiger partial charge in [-0.05, 0) is 6.92 Å². The van der Waals surface area contributed by atoms with Crippen molar-refractivity contribution in [2.45, 2.75) is 6.92 Å². The molecule has 1 rings (SSSR count). The van der Waals surface area contributed by atoms with Gasteiger partial charge < -0.3 is 5.11 Å². The van der Waals surface area contributed by atoms with Gasteiger partial charge in [0.05, 0.1) is 0 Å².